The van der Waals surface area contributed by atoms with Gasteiger partial charge in [0.25, 0.3) is 5.91 Å². The molecular formula is C20H22N6O2. The molecule has 0 bridgehead atoms. The van der Waals surface area contributed by atoms with Crippen molar-refractivity contribution in [2.24, 2.45) is 0 Å². The summed E-state index contributed by atoms with van der Waals surface area (Å²) in [6.07, 6.45) is 1.61. The number of nitrogens with one attached hydrogen (secondary N) is 1. The van der Waals surface area contributed by atoms with E-state index < -0.39 is 0 Å². The fourth-order valence-electron chi connectivity index (χ4n) is 3.41. The zero-order valence-corrected chi connectivity index (χ0v) is 16.1. The molecule has 144 valence electrons. The molecule has 28 heavy (non-hydrogen) atoms. The van der Waals surface area contributed by atoms with Crippen LogP contribution in [0.15, 0.2) is 47.4 Å². The van der Waals surface area contributed by atoms with Crippen molar-refractivity contribution in [3.8, 4) is 0 Å². The average molecular weight is 378 g/mol. The maximum atomic E-state index is 12.9. The van der Waals surface area contributed by atoms with Gasteiger partial charge >= 0.3 is 5.69 Å². The summed E-state index contributed by atoms with van der Waals surface area (Å²) < 4.78 is 4.69. The molecule has 0 unspecified atom stereocenters. The molecule has 1 amide bonds. The van der Waals surface area contributed by atoms with Crippen LogP contribution >= 0.6 is 0 Å². The van der Waals surface area contributed by atoms with Crippen LogP contribution in [0.3, 0.4) is 0 Å². The van der Waals surface area contributed by atoms with Crippen LogP contribution in [0.1, 0.15) is 35.9 Å². The minimum absolute atomic E-state index is 0.0908. The van der Waals surface area contributed by atoms with Gasteiger partial charge in [-0.2, -0.15) is 5.10 Å². The molecule has 0 aliphatic heterocycles. The van der Waals surface area contributed by atoms with E-state index >= 15 is 0 Å². The highest BCUT2D eigenvalue weighted by Gasteiger charge is 2.15. The number of hydrogen-bond donors (Lipinski definition) is 1. The Labute approximate surface area is 161 Å². The van der Waals surface area contributed by atoms with E-state index in [4.69, 9.17) is 0 Å². The van der Waals surface area contributed by atoms with Crippen molar-refractivity contribution in [1.29, 1.82) is 0 Å². The lowest BCUT2D eigenvalue weighted by atomic mass is 10.1. The topological polar surface area (TPSA) is 86.2 Å². The van der Waals surface area contributed by atoms with Crippen LogP contribution in [0.5, 0.6) is 0 Å². The summed E-state index contributed by atoms with van der Waals surface area (Å²) in [4.78, 5) is 25.3. The number of amides is 1. The highest BCUT2D eigenvalue weighted by Crippen LogP contribution is 2.17. The van der Waals surface area contributed by atoms with Gasteiger partial charge in [-0.05, 0) is 49.9 Å². The lowest BCUT2D eigenvalue weighted by Gasteiger charge is -2.10. The largest absolute Gasteiger partial charge is 0.350 e. The van der Waals surface area contributed by atoms with Gasteiger partial charge in [-0.1, -0.05) is 18.2 Å². The highest BCUT2D eigenvalue weighted by atomic mass is 16.2. The smallest absolute Gasteiger partial charge is 0.349 e. The predicted molar refractivity (Wildman–Crippen MR) is 107 cm³/mol. The third-order valence-corrected chi connectivity index (χ3v) is 4.74. The SMILES string of the molecule is Cc1cc2ccccc2n2c(=O)n(CCNC(=O)c3ccnn3C(C)C)nc12. The van der Waals surface area contributed by atoms with E-state index in [0.29, 0.717) is 17.9 Å². The molecule has 8 heteroatoms. The average Bonchev–Trinajstić information content (AvgIpc) is 3.28. The molecule has 0 radical (unpaired) electrons. The maximum Gasteiger partial charge on any atom is 0.350 e. The number of aromatic nitrogens is 5. The summed E-state index contributed by atoms with van der Waals surface area (Å²) in [6, 6.07) is 11.5. The second-order valence-electron chi connectivity index (χ2n) is 7.06. The molecule has 0 aliphatic rings. The van der Waals surface area contributed by atoms with Gasteiger partial charge < -0.3 is 5.32 Å². The number of hydrogen-bond acceptors (Lipinski definition) is 4. The first kappa shape index (κ1) is 18.0. The zero-order chi connectivity index (χ0) is 19.8. The summed E-state index contributed by atoms with van der Waals surface area (Å²) in [5.41, 5.74) is 2.67. The van der Waals surface area contributed by atoms with Crippen molar-refractivity contribution < 1.29 is 4.79 Å². The normalized spacial score (nSPS) is 11.6. The quantitative estimate of drug-likeness (QED) is 0.577. The van der Waals surface area contributed by atoms with Crippen LogP contribution in [0, 0.1) is 6.92 Å². The van der Waals surface area contributed by atoms with Crippen molar-refractivity contribution in [2.75, 3.05) is 6.54 Å². The number of nitrogens with zero attached hydrogens (tertiary/aromatic N) is 5. The number of carbonyl (C=O) groups excluding carboxylic acids is 1. The highest BCUT2D eigenvalue weighted by molar-refractivity contribution is 5.92. The number of para-hydroxylation sites is 1. The predicted octanol–water partition coefficient (Wildman–Crippen LogP) is 2.17. The van der Waals surface area contributed by atoms with Crippen molar-refractivity contribution in [3.63, 3.8) is 0 Å². The third-order valence-electron chi connectivity index (χ3n) is 4.74. The summed E-state index contributed by atoms with van der Waals surface area (Å²) in [5, 5.41) is 12.5. The molecule has 0 fully saturated rings. The summed E-state index contributed by atoms with van der Waals surface area (Å²) in [5.74, 6) is -0.218. The Morgan fingerprint density at radius 2 is 2.00 bits per heavy atom. The Morgan fingerprint density at radius 3 is 2.79 bits per heavy atom. The zero-order valence-electron chi connectivity index (χ0n) is 16.1. The van der Waals surface area contributed by atoms with Gasteiger partial charge in [-0.3, -0.25) is 9.48 Å². The van der Waals surface area contributed by atoms with E-state index in [9.17, 15) is 9.59 Å². The number of pyridine rings is 1. The maximum absolute atomic E-state index is 12.9. The number of carbonyl (C=O) groups is 1. The fourth-order valence-corrected chi connectivity index (χ4v) is 3.41. The molecule has 0 spiro atoms. The standard InChI is InChI=1S/C20H22N6O2/c1-13(2)26-17(8-9-22-26)19(27)21-10-11-24-20(28)25-16-7-5-4-6-15(16)12-14(3)18(25)23-24/h4-9,12-13H,10-11H2,1-3H3,(H,21,27). The molecule has 1 aromatic carbocycles. The van der Waals surface area contributed by atoms with Gasteiger partial charge in [0, 0.05) is 18.8 Å². The Balaban J connectivity index is 1.57. The molecule has 4 aromatic rings. The second-order valence-corrected chi connectivity index (χ2v) is 7.06. The summed E-state index contributed by atoms with van der Waals surface area (Å²) in [7, 11) is 0. The second kappa shape index (κ2) is 6.95. The lowest BCUT2D eigenvalue weighted by molar-refractivity contribution is 0.0939. The van der Waals surface area contributed by atoms with E-state index in [-0.39, 0.29) is 24.2 Å². The number of rotatable bonds is 5. The molecule has 0 atom stereocenters. The minimum atomic E-state index is -0.218. The van der Waals surface area contributed by atoms with E-state index in [0.717, 1.165) is 16.5 Å². The first-order valence-electron chi connectivity index (χ1n) is 9.27. The van der Waals surface area contributed by atoms with E-state index in [2.05, 4.69) is 15.5 Å². The van der Waals surface area contributed by atoms with Crippen molar-refractivity contribution >= 4 is 22.5 Å². The summed E-state index contributed by atoms with van der Waals surface area (Å²) >= 11 is 0. The van der Waals surface area contributed by atoms with Crippen LogP contribution in [-0.4, -0.2) is 36.4 Å². The third kappa shape index (κ3) is 2.96. The molecule has 3 heterocycles. The van der Waals surface area contributed by atoms with E-state index in [1.807, 2.05) is 51.1 Å². The van der Waals surface area contributed by atoms with Gasteiger partial charge in [0.05, 0.1) is 12.1 Å². The first-order chi connectivity index (χ1) is 13.5. The Hall–Kier alpha value is -3.42. The van der Waals surface area contributed by atoms with Crippen molar-refractivity contribution in [2.45, 2.75) is 33.4 Å². The number of aryl methyl sites for hydroxylation is 1. The molecule has 4 rings (SSSR count). The van der Waals surface area contributed by atoms with Crippen LogP contribution in [0.25, 0.3) is 16.6 Å². The Morgan fingerprint density at radius 1 is 1.21 bits per heavy atom. The van der Waals surface area contributed by atoms with E-state index in [1.54, 1.807) is 21.3 Å². The fraction of sp³-hybridized carbons (Fsp3) is 0.300. The lowest BCUT2D eigenvalue weighted by Crippen LogP contribution is -2.32. The molecule has 0 aliphatic carbocycles. The molecular weight excluding hydrogens is 356 g/mol. The van der Waals surface area contributed by atoms with Crippen molar-refractivity contribution in [1.82, 2.24) is 29.3 Å². The van der Waals surface area contributed by atoms with E-state index in [1.165, 1.54) is 4.68 Å². The summed E-state index contributed by atoms with van der Waals surface area (Å²) in [6.45, 7) is 6.45. The molecule has 0 saturated heterocycles. The van der Waals surface area contributed by atoms with Crippen LogP contribution in [0.2, 0.25) is 0 Å². The Kier molecular flexibility index (Phi) is 4.46. The van der Waals surface area contributed by atoms with Gasteiger partial charge in [-0.15, -0.1) is 5.10 Å². The number of fused-ring (bicyclic) bond motifs is 3. The van der Waals surface area contributed by atoms with Crippen molar-refractivity contribution in [3.05, 3.63) is 64.3 Å². The molecule has 3 aromatic heterocycles. The van der Waals surface area contributed by atoms with Gasteiger partial charge in [0.2, 0.25) is 0 Å². The van der Waals surface area contributed by atoms with Gasteiger partial charge in [-0.25, -0.2) is 13.9 Å². The molecule has 0 saturated carbocycles. The monoisotopic (exact) mass is 378 g/mol. The molecule has 8 nitrogen and oxygen atoms in total. The number of benzene rings is 1. The first-order valence-corrected chi connectivity index (χ1v) is 9.27. The Bertz CT molecular complexity index is 1230. The van der Waals surface area contributed by atoms with Gasteiger partial charge in [0.1, 0.15) is 5.69 Å². The van der Waals surface area contributed by atoms with Crippen LogP contribution in [0.4, 0.5) is 0 Å². The van der Waals surface area contributed by atoms with Gasteiger partial charge in [0.15, 0.2) is 5.65 Å². The molecule has 1 N–H and O–H groups in total. The van der Waals surface area contributed by atoms with Crippen LogP contribution in [-0.2, 0) is 6.54 Å². The minimum Gasteiger partial charge on any atom is -0.349 e. The van der Waals surface area contributed by atoms with Crippen LogP contribution < -0.4 is 11.0 Å².